The Hall–Kier alpha value is -1.12. The molecule has 0 aromatic carbocycles. The lowest BCUT2D eigenvalue weighted by Gasteiger charge is -2.06. The maximum atomic E-state index is 12.4. The first-order valence-corrected chi connectivity index (χ1v) is 19.8. The van der Waals surface area contributed by atoms with Crippen LogP contribution in [0.15, 0.2) is 11.1 Å². The molecule has 0 aliphatic carbocycles. The highest BCUT2D eigenvalue weighted by Gasteiger charge is 2.28. The Morgan fingerprint density at radius 3 is 0.698 bits per heavy atom. The van der Waals surface area contributed by atoms with Crippen molar-refractivity contribution in [1.29, 1.82) is 0 Å². The molecule has 3 nitrogen and oxygen atoms in total. The van der Waals surface area contributed by atoms with Crippen LogP contribution in [0.25, 0.3) is 0 Å². The summed E-state index contributed by atoms with van der Waals surface area (Å²) in [5.74, 6) is -0.227. The molecule has 0 spiro atoms. The van der Waals surface area contributed by atoms with Crippen LogP contribution >= 0.6 is 0 Å². The van der Waals surface area contributed by atoms with E-state index < -0.39 is 0 Å². The van der Waals surface area contributed by atoms with Crippen molar-refractivity contribution in [1.82, 2.24) is 5.32 Å². The summed E-state index contributed by atoms with van der Waals surface area (Å²) in [5.41, 5.74) is 1.60. The normalized spacial score (nSPS) is 13.4. The maximum absolute atomic E-state index is 12.4. The zero-order valence-electron chi connectivity index (χ0n) is 29.4. The van der Waals surface area contributed by atoms with E-state index in [1.165, 1.54) is 193 Å². The van der Waals surface area contributed by atoms with Crippen LogP contribution in [0.5, 0.6) is 0 Å². The zero-order valence-corrected chi connectivity index (χ0v) is 29.4. The third-order valence-electron chi connectivity index (χ3n) is 9.70. The Balaban J connectivity index is 1.96. The minimum Gasteiger partial charge on any atom is -0.289 e. The third-order valence-corrected chi connectivity index (χ3v) is 9.70. The number of amides is 2. The summed E-state index contributed by atoms with van der Waals surface area (Å²) >= 11 is 0. The highest BCUT2D eigenvalue weighted by atomic mass is 16.2. The van der Waals surface area contributed by atoms with E-state index in [0.29, 0.717) is 0 Å². The summed E-state index contributed by atoms with van der Waals surface area (Å²) < 4.78 is 0. The largest absolute Gasteiger partial charge is 0.289 e. The quantitative estimate of drug-likeness (QED) is 0.0589. The Bertz CT molecular complexity index is 626. The van der Waals surface area contributed by atoms with Crippen molar-refractivity contribution in [2.75, 3.05) is 0 Å². The molecule has 0 radical (unpaired) electrons. The van der Waals surface area contributed by atoms with Crippen LogP contribution in [0.1, 0.15) is 232 Å². The molecule has 1 N–H and O–H groups in total. The van der Waals surface area contributed by atoms with E-state index in [9.17, 15) is 9.59 Å². The van der Waals surface area contributed by atoms with Crippen LogP contribution in [0.4, 0.5) is 0 Å². The number of rotatable bonds is 34. The molecule has 43 heavy (non-hydrogen) atoms. The van der Waals surface area contributed by atoms with Gasteiger partial charge < -0.3 is 0 Å². The van der Waals surface area contributed by atoms with Gasteiger partial charge in [-0.25, -0.2) is 0 Å². The van der Waals surface area contributed by atoms with Gasteiger partial charge >= 0.3 is 0 Å². The Labute approximate surface area is 269 Å². The number of carbonyl (C=O) groups excluding carboxylic acids is 2. The number of nitrogens with one attached hydrogen (secondary N) is 1. The molecule has 0 fully saturated rings. The molecule has 252 valence electrons. The molecule has 0 bridgehead atoms. The first-order valence-electron chi connectivity index (χ1n) is 19.8. The minimum absolute atomic E-state index is 0.113. The topological polar surface area (TPSA) is 46.2 Å². The predicted octanol–water partition coefficient (Wildman–Crippen LogP) is 13.2. The van der Waals surface area contributed by atoms with Crippen molar-refractivity contribution < 1.29 is 9.59 Å². The highest BCUT2D eigenvalue weighted by molar-refractivity contribution is 6.19. The van der Waals surface area contributed by atoms with E-state index in [-0.39, 0.29) is 11.8 Å². The van der Waals surface area contributed by atoms with Crippen molar-refractivity contribution in [2.24, 2.45) is 0 Å². The van der Waals surface area contributed by atoms with Crippen LogP contribution in [0, 0.1) is 0 Å². The second kappa shape index (κ2) is 30.9. The Morgan fingerprint density at radius 1 is 0.302 bits per heavy atom. The molecule has 0 aromatic rings. The summed E-state index contributed by atoms with van der Waals surface area (Å²) in [4.78, 5) is 24.7. The average molecular weight is 602 g/mol. The number of carbonyl (C=O) groups is 2. The van der Waals surface area contributed by atoms with Crippen molar-refractivity contribution in [2.45, 2.75) is 232 Å². The van der Waals surface area contributed by atoms with E-state index >= 15 is 0 Å². The lowest BCUT2D eigenvalue weighted by molar-refractivity contribution is -0.124. The Morgan fingerprint density at radius 2 is 0.488 bits per heavy atom. The smallest absolute Gasteiger partial charge is 0.254 e. The van der Waals surface area contributed by atoms with Gasteiger partial charge in [-0.1, -0.05) is 206 Å². The summed E-state index contributed by atoms with van der Waals surface area (Å²) in [5, 5.41) is 2.57. The summed E-state index contributed by atoms with van der Waals surface area (Å²) in [7, 11) is 0. The molecule has 2 amide bonds. The molecule has 0 unspecified atom stereocenters. The van der Waals surface area contributed by atoms with Gasteiger partial charge in [0, 0.05) is 11.1 Å². The van der Waals surface area contributed by atoms with E-state index in [1.807, 2.05) is 0 Å². The van der Waals surface area contributed by atoms with Gasteiger partial charge in [0.25, 0.3) is 11.8 Å². The summed E-state index contributed by atoms with van der Waals surface area (Å²) in [6, 6.07) is 0. The van der Waals surface area contributed by atoms with Gasteiger partial charge in [-0.3, -0.25) is 14.9 Å². The van der Waals surface area contributed by atoms with Crippen LogP contribution in [0.2, 0.25) is 0 Å². The number of unbranched alkanes of at least 4 members (excludes halogenated alkanes) is 30. The first-order chi connectivity index (χ1) is 21.2. The average Bonchev–Trinajstić information content (AvgIpc) is 3.27. The molecular weight excluding hydrogens is 526 g/mol. The molecule has 1 aliphatic rings. The van der Waals surface area contributed by atoms with E-state index in [0.717, 1.165) is 36.8 Å². The van der Waals surface area contributed by atoms with Crippen LogP contribution < -0.4 is 5.32 Å². The van der Waals surface area contributed by atoms with Gasteiger partial charge in [0.05, 0.1) is 0 Å². The molecule has 1 aliphatic heterocycles. The van der Waals surface area contributed by atoms with Crippen LogP contribution in [-0.2, 0) is 9.59 Å². The minimum atomic E-state index is -0.113. The molecule has 0 saturated heterocycles. The van der Waals surface area contributed by atoms with Crippen molar-refractivity contribution >= 4 is 11.8 Å². The van der Waals surface area contributed by atoms with E-state index in [1.54, 1.807) is 0 Å². The van der Waals surface area contributed by atoms with Gasteiger partial charge in [-0.15, -0.1) is 0 Å². The number of hydrogen-bond acceptors (Lipinski definition) is 2. The van der Waals surface area contributed by atoms with Crippen molar-refractivity contribution in [3.05, 3.63) is 11.1 Å². The standard InChI is InChI=1S/C40H75NO2/c1-3-5-7-9-11-13-15-17-19-21-23-25-27-29-31-33-35-37-38(40(43)41-39(37)42)36-34-32-30-28-26-24-22-20-18-16-14-12-10-8-6-4-2/h3-36H2,1-2H3,(H,41,42,43). The zero-order chi connectivity index (χ0) is 31.1. The third kappa shape index (κ3) is 23.9. The summed E-state index contributed by atoms with van der Waals surface area (Å²) in [6.45, 7) is 4.57. The first kappa shape index (κ1) is 39.9. The second-order valence-corrected chi connectivity index (χ2v) is 13.8. The lowest BCUT2D eigenvalue weighted by Crippen LogP contribution is -2.23. The van der Waals surface area contributed by atoms with Gasteiger partial charge in [0.15, 0.2) is 0 Å². The number of imide groups is 1. The molecule has 0 saturated carbocycles. The molecule has 0 aromatic heterocycles. The van der Waals surface area contributed by atoms with Gasteiger partial charge in [0.2, 0.25) is 0 Å². The fourth-order valence-corrected chi connectivity index (χ4v) is 6.76. The highest BCUT2D eigenvalue weighted by Crippen LogP contribution is 2.25. The fraction of sp³-hybridized carbons (Fsp3) is 0.900. The monoisotopic (exact) mass is 602 g/mol. The SMILES string of the molecule is CCCCCCCCCCCCCCCCCCC1=C(CCCCCCCCCCCCCCCCCC)C(=O)NC1=O. The van der Waals surface area contributed by atoms with E-state index in [4.69, 9.17) is 0 Å². The summed E-state index contributed by atoms with van der Waals surface area (Å²) in [6.07, 6.45) is 44.9. The number of hydrogen-bond donors (Lipinski definition) is 1. The molecule has 1 heterocycles. The van der Waals surface area contributed by atoms with E-state index in [2.05, 4.69) is 19.2 Å². The Kier molecular flexibility index (Phi) is 28.7. The van der Waals surface area contributed by atoms with Gasteiger partial charge in [0.1, 0.15) is 0 Å². The van der Waals surface area contributed by atoms with Gasteiger partial charge in [-0.05, 0) is 25.7 Å². The van der Waals surface area contributed by atoms with Gasteiger partial charge in [-0.2, -0.15) is 0 Å². The second-order valence-electron chi connectivity index (χ2n) is 13.8. The van der Waals surface area contributed by atoms with Crippen LogP contribution in [0.3, 0.4) is 0 Å². The van der Waals surface area contributed by atoms with Crippen LogP contribution in [-0.4, -0.2) is 11.8 Å². The molecule has 0 atom stereocenters. The predicted molar refractivity (Wildman–Crippen MR) is 189 cm³/mol. The lowest BCUT2D eigenvalue weighted by atomic mass is 9.97. The molecule has 1 rings (SSSR count). The fourth-order valence-electron chi connectivity index (χ4n) is 6.76. The molecule has 3 heteroatoms. The van der Waals surface area contributed by atoms with Crippen molar-refractivity contribution in [3.8, 4) is 0 Å². The maximum Gasteiger partial charge on any atom is 0.254 e. The van der Waals surface area contributed by atoms with Crippen molar-refractivity contribution in [3.63, 3.8) is 0 Å². The molecular formula is C40H75NO2.